The van der Waals surface area contributed by atoms with Gasteiger partial charge in [-0.15, -0.1) is 0 Å². The molecule has 0 spiro atoms. The lowest BCUT2D eigenvalue weighted by molar-refractivity contribution is -0.125. The van der Waals surface area contributed by atoms with Crippen LogP contribution in [0.25, 0.3) is 0 Å². The molecule has 1 aliphatic carbocycles. The Morgan fingerprint density at radius 1 is 1.20 bits per heavy atom. The summed E-state index contributed by atoms with van der Waals surface area (Å²) in [6, 6.07) is 7.22. The zero-order valence-corrected chi connectivity index (χ0v) is 12.5. The zero-order valence-electron chi connectivity index (χ0n) is 12.5. The van der Waals surface area contributed by atoms with E-state index in [4.69, 9.17) is 0 Å². The lowest BCUT2D eigenvalue weighted by atomic mass is 10.1. The van der Waals surface area contributed by atoms with Gasteiger partial charge in [0.25, 0.3) is 0 Å². The van der Waals surface area contributed by atoms with Gasteiger partial charge in [0, 0.05) is 12.6 Å². The van der Waals surface area contributed by atoms with Gasteiger partial charge in [0.1, 0.15) is 0 Å². The van der Waals surface area contributed by atoms with E-state index in [1.54, 1.807) is 0 Å². The van der Waals surface area contributed by atoms with Crippen molar-refractivity contribution >= 4 is 5.91 Å². The minimum absolute atomic E-state index is 0.0800. The van der Waals surface area contributed by atoms with Crippen molar-refractivity contribution in [1.82, 2.24) is 10.2 Å². The summed E-state index contributed by atoms with van der Waals surface area (Å²) in [4.78, 5) is 14.6. The largest absolute Gasteiger partial charge is 0.352 e. The first-order chi connectivity index (χ1) is 9.61. The van der Waals surface area contributed by atoms with Crippen molar-refractivity contribution in [2.24, 2.45) is 0 Å². The maximum absolute atomic E-state index is 12.3. The van der Waals surface area contributed by atoms with Crippen LogP contribution in [-0.4, -0.2) is 29.4 Å². The Morgan fingerprint density at radius 3 is 2.55 bits per heavy atom. The van der Waals surface area contributed by atoms with E-state index in [-0.39, 0.29) is 11.9 Å². The molecule has 0 bridgehead atoms. The van der Waals surface area contributed by atoms with Gasteiger partial charge in [-0.25, -0.2) is 0 Å². The van der Waals surface area contributed by atoms with E-state index in [9.17, 15) is 4.79 Å². The summed E-state index contributed by atoms with van der Waals surface area (Å²) in [6.45, 7) is 6.20. The Hall–Kier alpha value is -1.35. The van der Waals surface area contributed by atoms with Gasteiger partial charge in [-0.05, 0) is 51.6 Å². The van der Waals surface area contributed by atoms with Crippen molar-refractivity contribution in [3.05, 3.63) is 34.9 Å². The van der Waals surface area contributed by atoms with Gasteiger partial charge >= 0.3 is 0 Å². The number of aryl methyl sites for hydroxylation is 2. The van der Waals surface area contributed by atoms with Crippen LogP contribution in [0.4, 0.5) is 0 Å². The Labute approximate surface area is 121 Å². The Bertz CT molecular complexity index is 487. The Kier molecular flexibility index (Phi) is 3.79. The maximum Gasteiger partial charge on any atom is 0.237 e. The van der Waals surface area contributed by atoms with Crippen LogP contribution in [0.5, 0.6) is 0 Å². The average Bonchev–Trinajstić information content (AvgIpc) is 3.05. The second-order valence-corrected chi connectivity index (χ2v) is 6.41. The monoisotopic (exact) mass is 272 g/mol. The first-order valence-corrected chi connectivity index (χ1v) is 7.73. The number of likely N-dealkylation sites (tertiary alicyclic amines) is 1. The van der Waals surface area contributed by atoms with E-state index in [1.165, 1.54) is 16.7 Å². The summed E-state index contributed by atoms with van der Waals surface area (Å²) < 4.78 is 0. The summed E-state index contributed by atoms with van der Waals surface area (Å²) in [6.07, 6.45) is 4.46. The first kappa shape index (κ1) is 13.6. The fourth-order valence-corrected chi connectivity index (χ4v) is 3.23. The average molecular weight is 272 g/mol. The topological polar surface area (TPSA) is 32.3 Å². The van der Waals surface area contributed by atoms with E-state index < -0.39 is 0 Å². The van der Waals surface area contributed by atoms with Crippen molar-refractivity contribution in [3.8, 4) is 0 Å². The standard InChI is InChI=1S/C17H24N2O/c1-12-8-13(2)10-14(9-12)11-19-7-3-4-16(19)17(20)18-15-5-6-15/h8-10,15-16H,3-7,11H2,1-2H3,(H,18,20). The molecule has 0 radical (unpaired) electrons. The molecule has 1 saturated carbocycles. The quantitative estimate of drug-likeness (QED) is 0.913. The summed E-state index contributed by atoms with van der Waals surface area (Å²) >= 11 is 0. The number of nitrogens with zero attached hydrogens (tertiary/aromatic N) is 1. The van der Waals surface area contributed by atoms with Gasteiger partial charge in [0.15, 0.2) is 0 Å². The van der Waals surface area contributed by atoms with Crippen LogP contribution in [0.2, 0.25) is 0 Å². The summed E-state index contributed by atoms with van der Waals surface area (Å²) in [5, 5.41) is 3.15. The van der Waals surface area contributed by atoms with E-state index in [0.717, 1.165) is 38.8 Å². The van der Waals surface area contributed by atoms with Crippen LogP contribution in [0.15, 0.2) is 18.2 Å². The SMILES string of the molecule is Cc1cc(C)cc(CN2CCCC2C(=O)NC2CC2)c1. The predicted octanol–water partition coefficient (Wildman–Crippen LogP) is 2.55. The van der Waals surface area contributed by atoms with E-state index >= 15 is 0 Å². The third-order valence-corrected chi connectivity index (χ3v) is 4.26. The molecule has 1 aromatic rings. The van der Waals surface area contributed by atoms with Gasteiger partial charge in [-0.2, -0.15) is 0 Å². The van der Waals surface area contributed by atoms with Crippen LogP contribution < -0.4 is 5.32 Å². The van der Waals surface area contributed by atoms with Crippen LogP contribution in [0.1, 0.15) is 42.4 Å². The molecular weight excluding hydrogens is 248 g/mol. The summed E-state index contributed by atoms with van der Waals surface area (Å²) in [5.74, 6) is 0.245. The lowest BCUT2D eigenvalue weighted by Gasteiger charge is -2.24. The second-order valence-electron chi connectivity index (χ2n) is 6.41. The van der Waals surface area contributed by atoms with Gasteiger partial charge in [0.2, 0.25) is 5.91 Å². The molecule has 1 aliphatic heterocycles. The van der Waals surface area contributed by atoms with E-state index in [2.05, 4.69) is 42.3 Å². The molecule has 3 nitrogen and oxygen atoms in total. The van der Waals surface area contributed by atoms with Gasteiger partial charge < -0.3 is 5.32 Å². The number of amides is 1. The van der Waals surface area contributed by atoms with Crippen LogP contribution >= 0.6 is 0 Å². The van der Waals surface area contributed by atoms with Gasteiger partial charge in [-0.3, -0.25) is 9.69 Å². The normalized spacial score (nSPS) is 23.0. The van der Waals surface area contributed by atoms with Crippen molar-refractivity contribution < 1.29 is 4.79 Å². The Balaban J connectivity index is 1.66. The predicted molar refractivity (Wildman–Crippen MR) is 80.5 cm³/mol. The highest BCUT2D eigenvalue weighted by Crippen LogP contribution is 2.24. The van der Waals surface area contributed by atoms with Crippen molar-refractivity contribution in [3.63, 3.8) is 0 Å². The fraction of sp³-hybridized carbons (Fsp3) is 0.588. The van der Waals surface area contributed by atoms with E-state index in [1.807, 2.05) is 0 Å². The van der Waals surface area contributed by atoms with Crippen LogP contribution in [0, 0.1) is 13.8 Å². The van der Waals surface area contributed by atoms with Crippen LogP contribution in [-0.2, 0) is 11.3 Å². The molecule has 0 aromatic heterocycles. The fourth-order valence-electron chi connectivity index (χ4n) is 3.23. The van der Waals surface area contributed by atoms with Gasteiger partial charge in [0.05, 0.1) is 6.04 Å². The number of nitrogens with one attached hydrogen (secondary N) is 1. The number of carbonyl (C=O) groups excluding carboxylic acids is 1. The molecule has 1 aromatic carbocycles. The minimum atomic E-state index is 0.0800. The van der Waals surface area contributed by atoms with Crippen molar-refractivity contribution in [2.45, 2.75) is 58.2 Å². The number of carbonyl (C=O) groups is 1. The number of rotatable bonds is 4. The molecule has 2 fully saturated rings. The molecule has 20 heavy (non-hydrogen) atoms. The highest BCUT2D eigenvalue weighted by atomic mass is 16.2. The molecule has 1 atom stereocenters. The molecule has 2 aliphatic rings. The minimum Gasteiger partial charge on any atom is -0.352 e. The molecule has 1 unspecified atom stereocenters. The summed E-state index contributed by atoms with van der Waals surface area (Å²) in [7, 11) is 0. The smallest absolute Gasteiger partial charge is 0.237 e. The molecule has 1 saturated heterocycles. The third-order valence-electron chi connectivity index (χ3n) is 4.26. The molecule has 1 heterocycles. The highest BCUT2D eigenvalue weighted by molar-refractivity contribution is 5.82. The van der Waals surface area contributed by atoms with Gasteiger partial charge in [-0.1, -0.05) is 29.3 Å². The Morgan fingerprint density at radius 2 is 1.90 bits per heavy atom. The molecular formula is C17H24N2O. The molecule has 3 heteroatoms. The van der Waals surface area contributed by atoms with Crippen LogP contribution in [0.3, 0.4) is 0 Å². The lowest BCUT2D eigenvalue weighted by Crippen LogP contribution is -2.43. The molecule has 3 rings (SSSR count). The maximum atomic E-state index is 12.3. The third kappa shape index (κ3) is 3.21. The molecule has 1 N–H and O–H groups in total. The zero-order chi connectivity index (χ0) is 14.1. The van der Waals surface area contributed by atoms with Crippen molar-refractivity contribution in [1.29, 1.82) is 0 Å². The number of hydrogen-bond donors (Lipinski definition) is 1. The second kappa shape index (κ2) is 5.57. The molecule has 1 amide bonds. The van der Waals surface area contributed by atoms with E-state index in [0.29, 0.717) is 6.04 Å². The number of benzene rings is 1. The number of hydrogen-bond acceptors (Lipinski definition) is 2. The first-order valence-electron chi connectivity index (χ1n) is 7.73. The highest BCUT2D eigenvalue weighted by Gasteiger charge is 2.33. The van der Waals surface area contributed by atoms with Crippen molar-refractivity contribution in [2.75, 3.05) is 6.54 Å². The summed E-state index contributed by atoms with van der Waals surface area (Å²) in [5.41, 5.74) is 3.94. The molecule has 108 valence electrons.